The SMILES string of the molecule is C1CO[C@H]([C@@H]2CN3CCC2CC3)C1. The van der Waals surface area contributed by atoms with Gasteiger partial charge in [0, 0.05) is 19.1 Å². The second-order valence-corrected chi connectivity index (χ2v) is 4.85. The number of ether oxygens (including phenoxy) is 1. The van der Waals surface area contributed by atoms with Crippen molar-refractivity contribution in [3.8, 4) is 0 Å². The monoisotopic (exact) mass is 181 g/mol. The van der Waals surface area contributed by atoms with Crippen LogP contribution in [0.25, 0.3) is 0 Å². The number of hydrogen-bond donors (Lipinski definition) is 0. The third-order valence-electron chi connectivity index (χ3n) is 4.15. The maximum atomic E-state index is 5.82. The van der Waals surface area contributed by atoms with Gasteiger partial charge in [0.05, 0.1) is 6.10 Å². The fraction of sp³-hybridized carbons (Fsp3) is 1.00. The van der Waals surface area contributed by atoms with Crippen molar-refractivity contribution in [1.29, 1.82) is 0 Å². The molecule has 4 rings (SSSR count). The van der Waals surface area contributed by atoms with Crippen molar-refractivity contribution in [2.45, 2.75) is 31.8 Å². The van der Waals surface area contributed by atoms with Crippen LogP contribution in [0.5, 0.6) is 0 Å². The van der Waals surface area contributed by atoms with E-state index >= 15 is 0 Å². The minimum Gasteiger partial charge on any atom is -0.378 e. The predicted molar refractivity (Wildman–Crippen MR) is 51.6 cm³/mol. The largest absolute Gasteiger partial charge is 0.378 e. The van der Waals surface area contributed by atoms with Crippen LogP contribution in [0.2, 0.25) is 0 Å². The van der Waals surface area contributed by atoms with Gasteiger partial charge in [-0.25, -0.2) is 0 Å². The number of nitrogens with zero attached hydrogens (tertiary/aromatic N) is 1. The van der Waals surface area contributed by atoms with Crippen LogP contribution >= 0.6 is 0 Å². The summed E-state index contributed by atoms with van der Waals surface area (Å²) in [5, 5.41) is 0. The molecule has 0 unspecified atom stereocenters. The standard InChI is InChI=1S/C11H19NO/c1-2-11(13-7-1)10-8-12-5-3-9(10)4-6-12/h9-11H,1-8H2/t10-,11+/m1/s1. The highest BCUT2D eigenvalue weighted by molar-refractivity contribution is 4.91. The summed E-state index contributed by atoms with van der Waals surface area (Å²) in [7, 11) is 0. The van der Waals surface area contributed by atoms with E-state index in [2.05, 4.69) is 4.90 Å². The van der Waals surface area contributed by atoms with E-state index in [0.717, 1.165) is 18.4 Å². The van der Waals surface area contributed by atoms with Crippen LogP contribution in [-0.4, -0.2) is 37.2 Å². The molecule has 0 aromatic carbocycles. The summed E-state index contributed by atoms with van der Waals surface area (Å²) in [6.07, 6.45) is 6.12. The Morgan fingerprint density at radius 1 is 1.08 bits per heavy atom. The Balaban J connectivity index is 1.70. The maximum Gasteiger partial charge on any atom is 0.0619 e. The van der Waals surface area contributed by atoms with Gasteiger partial charge in [-0.15, -0.1) is 0 Å². The molecule has 2 nitrogen and oxygen atoms in total. The highest BCUT2D eigenvalue weighted by Gasteiger charge is 2.39. The smallest absolute Gasteiger partial charge is 0.0619 e. The lowest BCUT2D eigenvalue weighted by atomic mass is 9.76. The molecule has 2 heteroatoms. The fourth-order valence-corrected chi connectivity index (χ4v) is 3.37. The first-order valence-electron chi connectivity index (χ1n) is 5.77. The summed E-state index contributed by atoms with van der Waals surface area (Å²) in [6, 6.07) is 0. The van der Waals surface area contributed by atoms with Crippen LogP contribution in [0.15, 0.2) is 0 Å². The summed E-state index contributed by atoms with van der Waals surface area (Å²) < 4.78 is 5.82. The molecule has 74 valence electrons. The van der Waals surface area contributed by atoms with Gasteiger partial charge < -0.3 is 9.64 Å². The van der Waals surface area contributed by atoms with E-state index in [-0.39, 0.29) is 0 Å². The molecule has 2 bridgehead atoms. The quantitative estimate of drug-likeness (QED) is 0.608. The third kappa shape index (κ3) is 1.40. The number of hydrogen-bond acceptors (Lipinski definition) is 2. The van der Waals surface area contributed by atoms with Crippen LogP contribution in [0.4, 0.5) is 0 Å². The summed E-state index contributed by atoms with van der Waals surface area (Å²) in [4.78, 5) is 2.63. The molecule has 4 aliphatic rings. The van der Waals surface area contributed by atoms with E-state index in [1.54, 1.807) is 0 Å². The van der Waals surface area contributed by atoms with Crippen LogP contribution in [0, 0.1) is 11.8 Å². The van der Waals surface area contributed by atoms with Crippen molar-refractivity contribution in [2.75, 3.05) is 26.2 Å². The normalized spacial score (nSPS) is 49.8. The van der Waals surface area contributed by atoms with Crippen LogP contribution in [0.3, 0.4) is 0 Å². The topological polar surface area (TPSA) is 12.5 Å². The molecule has 0 amide bonds. The van der Waals surface area contributed by atoms with E-state index in [1.165, 1.54) is 45.3 Å². The van der Waals surface area contributed by atoms with Gasteiger partial charge in [-0.3, -0.25) is 0 Å². The van der Waals surface area contributed by atoms with Gasteiger partial charge >= 0.3 is 0 Å². The molecule has 2 atom stereocenters. The van der Waals surface area contributed by atoms with E-state index in [4.69, 9.17) is 4.74 Å². The van der Waals surface area contributed by atoms with E-state index in [9.17, 15) is 0 Å². The first-order chi connectivity index (χ1) is 6.43. The molecule has 0 aliphatic carbocycles. The van der Waals surface area contributed by atoms with E-state index in [1.807, 2.05) is 0 Å². The van der Waals surface area contributed by atoms with Crippen molar-refractivity contribution < 1.29 is 4.74 Å². The molecule has 4 fully saturated rings. The first-order valence-corrected chi connectivity index (χ1v) is 5.77. The number of fused-ring (bicyclic) bond motifs is 3. The molecule has 0 spiro atoms. The lowest BCUT2D eigenvalue weighted by Gasteiger charge is -2.46. The van der Waals surface area contributed by atoms with E-state index in [0.29, 0.717) is 6.10 Å². The van der Waals surface area contributed by atoms with Gasteiger partial charge in [-0.2, -0.15) is 0 Å². The Labute approximate surface area is 80.2 Å². The average molecular weight is 181 g/mol. The van der Waals surface area contributed by atoms with Gasteiger partial charge in [0.15, 0.2) is 0 Å². The Hall–Kier alpha value is -0.0800. The van der Waals surface area contributed by atoms with Crippen molar-refractivity contribution in [1.82, 2.24) is 4.90 Å². The Morgan fingerprint density at radius 3 is 2.46 bits per heavy atom. The van der Waals surface area contributed by atoms with Gasteiger partial charge in [0.1, 0.15) is 0 Å². The van der Waals surface area contributed by atoms with Gasteiger partial charge in [-0.05, 0) is 44.7 Å². The van der Waals surface area contributed by atoms with Gasteiger partial charge in [0.2, 0.25) is 0 Å². The van der Waals surface area contributed by atoms with Crippen molar-refractivity contribution in [3.05, 3.63) is 0 Å². The number of piperidine rings is 3. The molecule has 4 heterocycles. The summed E-state index contributed by atoms with van der Waals surface area (Å²) in [5.74, 6) is 1.87. The lowest BCUT2D eigenvalue weighted by Crippen LogP contribution is -2.51. The summed E-state index contributed by atoms with van der Waals surface area (Å²) in [6.45, 7) is 5.06. The molecular weight excluding hydrogens is 162 g/mol. The highest BCUT2D eigenvalue weighted by atomic mass is 16.5. The predicted octanol–water partition coefficient (Wildman–Crippen LogP) is 1.51. The molecule has 0 aromatic heterocycles. The fourth-order valence-electron chi connectivity index (χ4n) is 3.37. The second-order valence-electron chi connectivity index (χ2n) is 4.85. The zero-order valence-corrected chi connectivity index (χ0v) is 8.24. The van der Waals surface area contributed by atoms with E-state index < -0.39 is 0 Å². The van der Waals surface area contributed by atoms with Crippen LogP contribution in [0.1, 0.15) is 25.7 Å². The summed E-state index contributed by atoms with van der Waals surface area (Å²) in [5.41, 5.74) is 0. The average Bonchev–Trinajstić information content (AvgIpc) is 2.72. The zero-order valence-electron chi connectivity index (χ0n) is 8.24. The minimum absolute atomic E-state index is 0.619. The molecule has 4 aliphatic heterocycles. The highest BCUT2D eigenvalue weighted by Crippen LogP contribution is 2.37. The summed E-state index contributed by atoms with van der Waals surface area (Å²) >= 11 is 0. The Bertz CT molecular complexity index is 179. The lowest BCUT2D eigenvalue weighted by molar-refractivity contribution is -0.0363. The Morgan fingerprint density at radius 2 is 1.92 bits per heavy atom. The zero-order chi connectivity index (χ0) is 8.67. The van der Waals surface area contributed by atoms with Crippen molar-refractivity contribution >= 4 is 0 Å². The van der Waals surface area contributed by atoms with Crippen molar-refractivity contribution in [3.63, 3.8) is 0 Å². The molecule has 4 saturated heterocycles. The molecule has 0 aromatic rings. The second kappa shape index (κ2) is 3.25. The van der Waals surface area contributed by atoms with Crippen LogP contribution < -0.4 is 0 Å². The first kappa shape index (κ1) is 8.25. The maximum absolute atomic E-state index is 5.82. The van der Waals surface area contributed by atoms with Gasteiger partial charge in [0.25, 0.3) is 0 Å². The van der Waals surface area contributed by atoms with Crippen molar-refractivity contribution in [2.24, 2.45) is 11.8 Å². The number of rotatable bonds is 1. The third-order valence-corrected chi connectivity index (χ3v) is 4.15. The molecular formula is C11H19NO. The van der Waals surface area contributed by atoms with Gasteiger partial charge in [-0.1, -0.05) is 0 Å². The minimum atomic E-state index is 0.619. The molecule has 0 saturated carbocycles. The van der Waals surface area contributed by atoms with Crippen LogP contribution in [-0.2, 0) is 4.74 Å². The molecule has 0 radical (unpaired) electrons. The molecule has 13 heavy (non-hydrogen) atoms. The molecule has 0 N–H and O–H groups in total. The Kier molecular flexibility index (Phi) is 2.06.